The second kappa shape index (κ2) is 10.7. The predicted molar refractivity (Wildman–Crippen MR) is 121 cm³/mol. The fourth-order valence-electron chi connectivity index (χ4n) is 2.70. The number of benzene rings is 2. The van der Waals surface area contributed by atoms with Crippen molar-refractivity contribution in [3.05, 3.63) is 76.9 Å². The molecule has 0 aliphatic rings. The maximum atomic E-state index is 12.6. The predicted octanol–water partition coefficient (Wildman–Crippen LogP) is 4.67. The monoisotopic (exact) mass is 405 g/mol. The second-order valence-corrected chi connectivity index (χ2v) is 6.25. The summed E-state index contributed by atoms with van der Waals surface area (Å²) in [5.41, 5.74) is 2.79. The zero-order valence-electron chi connectivity index (χ0n) is 17.9. The van der Waals surface area contributed by atoms with E-state index in [1.807, 2.05) is 52.0 Å². The van der Waals surface area contributed by atoms with Crippen LogP contribution in [0.1, 0.15) is 45.7 Å². The van der Waals surface area contributed by atoms with Gasteiger partial charge in [-0.15, -0.1) is 0 Å². The van der Waals surface area contributed by atoms with Gasteiger partial charge in [0, 0.05) is 24.2 Å². The molecule has 156 valence electrons. The standard InChI is InChI=1S/C21H21N5O2.C2H6/c1-13-8-4-6-10-15(13)19(27)23-18-12-17(22-3)24-21(25-18)26-20(28)16-11-7-5-9-14(16)2;1-2/h4-12H,1-3H3,(H3,22,23,24,25,26,27,28);1-2H3. The van der Waals surface area contributed by atoms with Gasteiger partial charge < -0.3 is 10.6 Å². The number of aryl methyl sites for hydroxylation is 2. The van der Waals surface area contributed by atoms with E-state index in [1.54, 1.807) is 37.4 Å². The third kappa shape index (κ3) is 5.64. The van der Waals surface area contributed by atoms with Gasteiger partial charge in [-0.3, -0.25) is 14.9 Å². The van der Waals surface area contributed by atoms with E-state index in [0.29, 0.717) is 16.9 Å². The van der Waals surface area contributed by atoms with Gasteiger partial charge in [0.1, 0.15) is 11.6 Å². The number of aromatic nitrogens is 2. The van der Waals surface area contributed by atoms with Crippen molar-refractivity contribution < 1.29 is 9.59 Å². The lowest BCUT2D eigenvalue weighted by molar-refractivity contribution is 0.101. The van der Waals surface area contributed by atoms with Crippen molar-refractivity contribution in [2.75, 3.05) is 23.0 Å². The second-order valence-electron chi connectivity index (χ2n) is 6.25. The molecule has 3 N–H and O–H groups in total. The summed E-state index contributed by atoms with van der Waals surface area (Å²) in [4.78, 5) is 33.6. The molecule has 1 heterocycles. The quantitative estimate of drug-likeness (QED) is 0.573. The Hall–Kier alpha value is -3.74. The number of nitrogens with zero attached hydrogens (tertiary/aromatic N) is 2. The molecule has 0 spiro atoms. The van der Waals surface area contributed by atoms with Crippen molar-refractivity contribution >= 4 is 29.4 Å². The molecule has 0 bridgehead atoms. The highest BCUT2D eigenvalue weighted by Crippen LogP contribution is 2.17. The van der Waals surface area contributed by atoms with Crippen LogP contribution in [-0.4, -0.2) is 28.8 Å². The number of hydrogen-bond acceptors (Lipinski definition) is 5. The van der Waals surface area contributed by atoms with Crippen LogP contribution in [0, 0.1) is 13.8 Å². The van der Waals surface area contributed by atoms with Gasteiger partial charge >= 0.3 is 0 Å². The van der Waals surface area contributed by atoms with Gasteiger partial charge in [0.25, 0.3) is 11.8 Å². The van der Waals surface area contributed by atoms with Crippen LogP contribution in [0.25, 0.3) is 0 Å². The van der Waals surface area contributed by atoms with Crippen molar-refractivity contribution in [2.45, 2.75) is 27.7 Å². The molecule has 2 amide bonds. The van der Waals surface area contributed by atoms with Gasteiger partial charge in [-0.05, 0) is 37.1 Å². The molecule has 3 rings (SSSR count). The first-order valence-electron chi connectivity index (χ1n) is 9.78. The Balaban J connectivity index is 0.00000155. The van der Waals surface area contributed by atoms with E-state index < -0.39 is 0 Å². The first-order chi connectivity index (χ1) is 14.5. The molecule has 0 saturated carbocycles. The third-order valence-electron chi connectivity index (χ3n) is 4.23. The Bertz CT molecular complexity index is 956. The molecule has 0 atom stereocenters. The van der Waals surface area contributed by atoms with E-state index in [0.717, 1.165) is 11.1 Å². The molecular formula is C23H27N5O2. The average molecular weight is 406 g/mol. The molecule has 0 fully saturated rings. The summed E-state index contributed by atoms with van der Waals surface area (Å²) in [5.74, 6) is 0.251. The molecule has 0 aliphatic carbocycles. The number of carbonyl (C=O) groups excluding carboxylic acids is 2. The van der Waals surface area contributed by atoms with Crippen LogP contribution in [0.5, 0.6) is 0 Å². The number of rotatable bonds is 5. The van der Waals surface area contributed by atoms with Crippen molar-refractivity contribution in [1.29, 1.82) is 0 Å². The molecule has 7 nitrogen and oxygen atoms in total. The van der Waals surface area contributed by atoms with E-state index in [2.05, 4.69) is 25.9 Å². The first kappa shape index (κ1) is 22.5. The van der Waals surface area contributed by atoms with Crippen molar-refractivity contribution in [1.82, 2.24) is 9.97 Å². The summed E-state index contributed by atoms with van der Waals surface area (Å²) >= 11 is 0. The Kier molecular flexibility index (Phi) is 8.05. The highest BCUT2D eigenvalue weighted by atomic mass is 16.2. The Morgan fingerprint density at radius 2 is 1.20 bits per heavy atom. The van der Waals surface area contributed by atoms with Crippen molar-refractivity contribution in [2.24, 2.45) is 0 Å². The molecule has 0 aliphatic heterocycles. The van der Waals surface area contributed by atoms with E-state index in [9.17, 15) is 9.59 Å². The van der Waals surface area contributed by atoms with E-state index in [-0.39, 0.29) is 23.6 Å². The topological polar surface area (TPSA) is 96.0 Å². The van der Waals surface area contributed by atoms with Crippen LogP contribution in [0.2, 0.25) is 0 Å². The summed E-state index contributed by atoms with van der Waals surface area (Å²) in [6, 6.07) is 16.1. The highest BCUT2D eigenvalue weighted by molar-refractivity contribution is 6.06. The van der Waals surface area contributed by atoms with Gasteiger partial charge in [-0.25, -0.2) is 0 Å². The van der Waals surface area contributed by atoms with Gasteiger partial charge in [-0.1, -0.05) is 50.2 Å². The maximum absolute atomic E-state index is 12.6. The summed E-state index contributed by atoms with van der Waals surface area (Å²) in [6.45, 7) is 7.72. The molecule has 2 aromatic carbocycles. The molecule has 3 aromatic rings. The normalized spacial score (nSPS) is 9.77. The molecule has 0 radical (unpaired) electrons. The van der Waals surface area contributed by atoms with Gasteiger partial charge in [-0.2, -0.15) is 9.97 Å². The summed E-state index contributed by atoms with van der Waals surface area (Å²) in [6.07, 6.45) is 0. The van der Waals surface area contributed by atoms with Gasteiger partial charge in [0.15, 0.2) is 0 Å². The molecule has 30 heavy (non-hydrogen) atoms. The lowest BCUT2D eigenvalue weighted by atomic mass is 10.1. The zero-order chi connectivity index (χ0) is 22.1. The largest absolute Gasteiger partial charge is 0.373 e. The highest BCUT2D eigenvalue weighted by Gasteiger charge is 2.14. The first-order valence-corrected chi connectivity index (χ1v) is 9.78. The van der Waals surface area contributed by atoms with Crippen LogP contribution in [0.3, 0.4) is 0 Å². The number of anilines is 3. The molecule has 1 aromatic heterocycles. The Morgan fingerprint density at radius 3 is 1.70 bits per heavy atom. The summed E-state index contributed by atoms with van der Waals surface area (Å²) in [5, 5.41) is 8.35. The summed E-state index contributed by atoms with van der Waals surface area (Å²) < 4.78 is 0. The molecular weight excluding hydrogens is 378 g/mol. The fourth-order valence-corrected chi connectivity index (χ4v) is 2.70. The fraction of sp³-hybridized carbons (Fsp3) is 0.217. The van der Waals surface area contributed by atoms with Crippen LogP contribution in [0.4, 0.5) is 17.6 Å². The maximum Gasteiger partial charge on any atom is 0.258 e. The lowest BCUT2D eigenvalue weighted by Gasteiger charge is -2.11. The van der Waals surface area contributed by atoms with Crippen LogP contribution in [0.15, 0.2) is 54.6 Å². The van der Waals surface area contributed by atoms with Crippen molar-refractivity contribution in [3.8, 4) is 0 Å². The van der Waals surface area contributed by atoms with E-state index in [1.165, 1.54) is 0 Å². The van der Waals surface area contributed by atoms with E-state index in [4.69, 9.17) is 0 Å². The molecule has 7 heteroatoms. The van der Waals surface area contributed by atoms with Crippen LogP contribution in [-0.2, 0) is 0 Å². The van der Waals surface area contributed by atoms with E-state index >= 15 is 0 Å². The third-order valence-corrected chi connectivity index (χ3v) is 4.23. The number of hydrogen-bond donors (Lipinski definition) is 3. The minimum absolute atomic E-state index is 0.0974. The average Bonchev–Trinajstić information content (AvgIpc) is 2.75. The number of nitrogens with one attached hydrogen (secondary N) is 3. The minimum atomic E-state index is -0.317. The molecule has 0 unspecified atom stereocenters. The van der Waals surface area contributed by atoms with Crippen LogP contribution < -0.4 is 16.0 Å². The van der Waals surface area contributed by atoms with Gasteiger partial charge in [0.2, 0.25) is 5.95 Å². The lowest BCUT2D eigenvalue weighted by Crippen LogP contribution is -2.18. The van der Waals surface area contributed by atoms with Crippen molar-refractivity contribution in [3.63, 3.8) is 0 Å². The minimum Gasteiger partial charge on any atom is -0.373 e. The zero-order valence-corrected chi connectivity index (χ0v) is 17.9. The Morgan fingerprint density at radius 1 is 0.733 bits per heavy atom. The number of amides is 2. The summed E-state index contributed by atoms with van der Waals surface area (Å²) in [7, 11) is 1.70. The van der Waals surface area contributed by atoms with Crippen LogP contribution >= 0.6 is 0 Å². The molecule has 0 saturated heterocycles. The SMILES string of the molecule is CC.CNc1cc(NC(=O)c2ccccc2C)nc(NC(=O)c2ccccc2C)n1. The Labute approximate surface area is 177 Å². The van der Waals surface area contributed by atoms with Gasteiger partial charge in [0.05, 0.1) is 0 Å². The smallest absolute Gasteiger partial charge is 0.258 e. The number of carbonyl (C=O) groups is 2.